The number of aryl methyl sites for hydroxylation is 1. The first-order chi connectivity index (χ1) is 13.9. The van der Waals surface area contributed by atoms with Crippen molar-refractivity contribution in [1.29, 1.82) is 5.26 Å². The normalized spacial score (nSPS) is 11.0. The number of aliphatic carboxylic acids is 1. The van der Waals surface area contributed by atoms with Gasteiger partial charge in [-0.05, 0) is 67.7 Å². The van der Waals surface area contributed by atoms with Crippen molar-refractivity contribution < 1.29 is 14.6 Å². The van der Waals surface area contributed by atoms with Crippen LogP contribution >= 0.6 is 11.5 Å². The Kier molecular flexibility index (Phi) is 6.05. The van der Waals surface area contributed by atoms with Crippen LogP contribution in [0.25, 0.3) is 28.0 Å². The molecule has 146 valence electrons. The van der Waals surface area contributed by atoms with Crippen LogP contribution in [-0.2, 0) is 4.79 Å². The lowest BCUT2D eigenvalue weighted by molar-refractivity contribution is -0.131. The van der Waals surface area contributed by atoms with Crippen molar-refractivity contribution in [3.05, 3.63) is 59.2 Å². The van der Waals surface area contributed by atoms with Gasteiger partial charge in [0.2, 0.25) is 0 Å². The van der Waals surface area contributed by atoms with Gasteiger partial charge in [0.25, 0.3) is 0 Å². The molecule has 0 aliphatic carbocycles. The predicted molar refractivity (Wildman–Crippen MR) is 113 cm³/mol. The number of ether oxygens (including phenoxy) is 1. The summed E-state index contributed by atoms with van der Waals surface area (Å²) in [6.45, 7) is 5.76. The molecule has 2 aromatic carbocycles. The molecule has 1 aromatic heterocycles. The van der Waals surface area contributed by atoms with Crippen LogP contribution in [0.5, 0.6) is 5.75 Å². The van der Waals surface area contributed by atoms with Crippen molar-refractivity contribution in [3.8, 4) is 33.8 Å². The van der Waals surface area contributed by atoms with Gasteiger partial charge in [0.05, 0.1) is 11.7 Å². The fourth-order valence-electron chi connectivity index (χ4n) is 2.77. The molecule has 3 rings (SSSR count). The van der Waals surface area contributed by atoms with E-state index in [4.69, 9.17) is 9.84 Å². The topological polar surface area (TPSA) is 96.1 Å². The van der Waals surface area contributed by atoms with E-state index in [1.807, 2.05) is 45.0 Å². The van der Waals surface area contributed by atoms with Crippen molar-refractivity contribution in [2.75, 3.05) is 0 Å². The zero-order valence-corrected chi connectivity index (χ0v) is 17.0. The van der Waals surface area contributed by atoms with Crippen LogP contribution in [0.1, 0.15) is 30.5 Å². The summed E-state index contributed by atoms with van der Waals surface area (Å²) in [4.78, 5) is 15.3. The number of nitrogens with zero attached hydrogens (tertiary/aromatic N) is 3. The molecule has 1 heterocycles. The summed E-state index contributed by atoms with van der Waals surface area (Å²) in [5.74, 6) is 0.160. The monoisotopic (exact) mass is 405 g/mol. The third-order valence-electron chi connectivity index (χ3n) is 4.05. The van der Waals surface area contributed by atoms with Gasteiger partial charge < -0.3 is 9.84 Å². The Labute approximate surface area is 172 Å². The lowest BCUT2D eigenvalue weighted by Crippen LogP contribution is -2.06. The van der Waals surface area contributed by atoms with E-state index in [1.165, 1.54) is 11.5 Å². The van der Waals surface area contributed by atoms with Gasteiger partial charge >= 0.3 is 5.97 Å². The number of hydrogen-bond donors (Lipinski definition) is 1. The van der Waals surface area contributed by atoms with Gasteiger partial charge in [0, 0.05) is 17.2 Å². The minimum absolute atomic E-state index is 0.0163. The van der Waals surface area contributed by atoms with Crippen LogP contribution in [-0.4, -0.2) is 26.5 Å². The lowest BCUT2D eigenvalue weighted by Gasteiger charge is -2.11. The number of carboxylic acid groups (broad SMARTS) is 1. The summed E-state index contributed by atoms with van der Waals surface area (Å²) >= 11 is 1.26. The Bertz CT molecular complexity index is 1130. The summed E-state index contributed by atoms with van der Waals surface area (Å²) in [7, 11) is 0. The highest BCUT2D eigenvalue weighted by molar-refractivity contribution is 7.09. The zero-order chi connectivity index (χ0) is 21.0. The highest BCUT2D eigenvalue weighted by atomic mass is 32.1. The summed E-state index contributed by atoms with van der Waals surface area (Å²) < 4.78 is 10.1. The molecule has 0 aliphatic rings. The van der Waals surface area contributed by atoms with E-state index in [-0.39, 0.29) is 6.10 Å². The molecular weight excluding hydrogens is 386 g/mol. The third-order valence-corrected chi connectivity index (χ3v) is 4.81. The molecular formula is C22H19N3O3S. The number of benzene rings is 2. The minimum Gasteiger partial charge on any atom is -0.490 e. The SMILES string of the molecule is Cc1cc(/C=C/C(=O)O)ccc1-c1nsc(-c2ccc(OC(C)C)c(C#N)c2)n1. The Morgan fingerprint density at radius 2 is 2.07 bits per heavy atom. The lowest BCUT2D eigenvalue weighted by atomic mass is 10.0. The first kappa shape index (κ1) is 20.2. The molecule has 7 heteroatoms. The standard InChI is InChI=1S/C22H19N3O3S/c1-13(2)28-19-8-6-16(11-17(19)12-23)22-24-21(25-29-22)18-7-4-15(10-14(18)3)5-9-20(26)27/h4-11,13H,1-3H3,(H,26,27)/b9-5+. The molecule has 3 aromatic rings. The maximum absolute atomic E-state index is 10.7. The van der Waals surface area contributed by atoms with E-state index in [2.05, 4.69) is 15.4 Å². The second kappa shape index (κ2) is 8.67. The largest absolute Gasteiger partial charge is 0.490 e. The molecule has 0 amide bonds. The average Bonchev–Trinajstić information content (AvgIpc) is 3.16. The fraction of sp³-hybridized carbons (Fsp3) is 0.182. The maximum Gasteiger partial charge on any atom is 0.328 e. The number of carboxylic acids is 1. The summed E-state index contributed by atoms with van der Waals surface area (Å²) in [5, 5.41) is 18.9. The molecule has 6 nitrogen and oxygen atoms in total. The van der Waals surface area contributed by atoms with Crippen molar-refractivity contribution in [1.82, 2.24) is 9.36 Å². The Morgan fingerprint density at radius 3 is 2.72 bits per heavy atom. The highest BCUT2D eigenvalue weighted by Crippen LogP contribution is 2.31. The molecule has 0 saturated carbocycles. The molecule has 0 fully saturated rings. The first-order valence-corrected chi connectivity index (χ1v) is 9.71. The van der Waals surface area contributed by atoms with Crippen molar-refractivity contribution in [3.63, 3.8) is 0 Å². The van der Waals surface area contributed by atoms with E-state index < -0.39 is 5.97 Å². The van der Waals surface area contributed by atoms with Crippen molar-refractivity contribution in [2.24, 2.45) is 0 Å². The number of rotatable bonds is 6. The molecule has 29 heavy (non-hydrogen) atoms. The first-order valence-electron chi connectivity index (χ1n) is 8.94. The summed E-state index contributed by atoms with van der Waals surface area (Å²) in [5.41, 5.74) is 3.88. The van der Waals surface area contributed by atoms with Crippen LogP contribution in [0.3, 0.4) is 0 Å². The van der Waals surface area contributed by atoms with Gasteiger partial charge in [-0.25, -0.2) is 9.78 Å². The van der Waals surface area contributed by atoms with E-state index in [0.717, 1.165) is 28.3 Å². The number of nitriles is 1. The van der Waals surface area contributed by atoms with Gasteiger partial charge in [0.1, 0.15) is 16.8 Å². The number of hydrogen-bond acceptors (Lipinski definition) is 6. The van der Waals surface area contributed by atoms with E-state index >= 15 is 0 Å². The van der Waals surface area contributed by atoms with Gasteiger partial charge in [-0.15, -0.1) is 0 Å². The maximum atomic E-state index is 10.7. The third kappa shape index (κ3) is 4.86. The summed E-state index contributed by atoms with van der Waals surface area (Å²) in [6, 6.07) is 13.2. The van der Waals surface area contributed by atoms with Gasteiger partial charge in [0.15, 0.2) is 5.82 Å². The molecule has 0 atom stereocenters. The Balaban J connectivity index is 1.90. The van der Waals surface area contributed by atoms with Crippen LogP contribution in [0.4, 0.5) is 0 Å². The van der Waals surface area contributed by atoms with Gasteiger partial charge in [-0.2, -0.15) is 9.64 Å². The van der Waals surface area contributed by atoms with E-state index in [1.54, 1.807) is 18.2 Å². The second-order valence-electron chi connectivity index (χ2n) is 6.66. The Hall–Kier alpha value is -3.50. The van der Waals surface area contributed by atoms with Crippen molar-refractivity contribution >= 4 is 23.6 Å². The van der Waals surface area contributed by atoms with Crippen LogP contribution < -0.4 is 4.74 Å². The highest BCUT2D eigenvalue weighted by Gasteiger charge is 2.13. The molecule has 0 saturated heterocycles. The number of aromatic nitrogens is 2. The average molecular weight is 405 g/mol. The molecule has 0 unspecified atom stereocenters. The molecule has 0 radical (unpaired) electrons. The molecule has 0 aliphatic heterocycles. The number of carbonyl (C=O) groups is 1. The van der Waals surface area contributed by atoms with Crippen LogP contribution in [0, 0.1) is 18.3 Å². The fourth-order valence-corrected chi connectivity index (χ4v) is 3.44. The molecule has 0 bridgehead atoms. The zero-order valence-electron chi connectivity index (χ0n) is 16.2. The molecule has 0 spiro atoms. The quantitative estimate of drug-likeness (QED) is 0.584. The molecule has 1 N–H and O–H groups in total. The predicted octanol–water partition coefficient (Wildman–Crippen LogP) is 4.94. The van der Waals surface area contributed by atoms with Crippen molar-refractivity contribution in [2.45, 2.75) is 26.9 Å². The van der Waals surface area contributed by atoms with E-state index in [0.29, 0.717) is 22.1 Å². The van der Waals surface area contributed by atoms with Crippen LogP contribution in [0.15, 0.2) is 42.5 Å². The van der Waals surface area contributed by atoms with E-state index in [9.17, 15) is 10.1 Å². The van der Waals surface area contributed by atoms with Crippen LogP contribution in [0.2, 0.25) is 0 Å². The second-order valence-corrected chi connectivity index (χ2v) is 7.41. The van der Waals surface area contributed by atoms with Gasteiger partial charge in [-0.1, -0.05) is 18.2 Å². The minimum atomic E-state index is -0.987. The van der Waals surface area contributed by atoms with Gasteiger partial charge in [-0.3, -0.25) is 0 Å². The Morgan fingerprint density at radius 1 is 1.28 bits per heavy atom. The smallest absolute Gasteiger partial charge is 0.328 e. The summed E-state index contributed by atoms with van der Waals surface area (Å²) in [6.07, 6.45) is 2.63.